The molecule has 2 heterocycles. The first-order chi connectivity index (χ1) is 6.31. The number of fused-ring (bicyclic) bond motifs is 1. The molecule has 0 amide bonds. The van der Waals surface area contributed by atoms with Crippen LogP contribution in [0.1, 0.15) is 12.0 Å². The number of aromatic nitrogens is 2. The highest BCUT2D eigenvalue weighted by molar-refractivity contribution is 6.28. The van der Waals surface area contributed by atoms with Crippen LogP contribution in [0.3, 0.4) is 0 Å². The van der Waals surface area contributed by atoms with Gasteiger partial charge < -0.3 is 10.1 Å². The van der Waals surface area contributed by atoms with Crippen molar-refractivity contribution in [1.29, 1.82) is 0 Å². The van der Waals surface area contributed by atoms with Crippen molar-refractivity contribution in [2.45, 2.75) is 12.8 Å². The predicted molar refractivity (Wildman–Crippen MR) is 50.4 cm³/mol. The molecule has 0 saturated carbocycles. The second-order valence-corrected chi connectivity index (χ2v) is 3.20. The van der Waals surface area contributed by atoms with Crippen molar-refractivity contribution in [3.05, 3.63) is 10.8 Å². The molecule has 1 aliphatic rings. The normalized spacial score (nSPS) is 14.6. The van der Waals surface area contributed by atoms with Gasteiger partial charge in [0.25, 0.3) is 0 Å². The van der Waals surface area contributed by atoms with E-state index in [9.17, 15) is 0 Å². The molecule has 1 N–H and O–H groups in total. The maximum atomic E-state index is 5.72. The first kappa shape index (κ1) is 8.56. The monoisotopic (exact) mass is 199 g/mol. The van der Waals surface area contributed by atoms with Crippen molar-refractivity contribution in [2.75, 3.05) is 19.0 Å². The summed E-state index contributed by atoms with van der Waals surface area (Å²) in [6.45, 7) is 0.934. The highest BCUT2D eigenvalue weighted by Crippen LogP contribution is 2.28. The summed E-state index contributed by atoms with van der Waals surface area (Å²) in [5.74, 6) is 1.39. The number of hydrogen-bond acceptors (Lipinski definition) is 4. The molecule has 0 atom stereocenters. The molecule has 0 unspecified atom stereocenters. The predicted octanol–water partition coefficient (Wildman–Crippen LogP) is 1.50. The number of nitrogens with zero attached hydrogens (tertiary/aromatic N) is 2. The summed E-state index contributed by atoms with van der Waals surface area (Å²) in [5, 5.41) is 3.39. The Morgan fingerprint density at radius 3 is 3.08 bits per heavy atom. The van der Waals surface area contributed by atoms with Gasteiger partial charge in [-0.2, -0.15) is 4.98 Å². The molecule has 0 fully saturated rings. The van der Waals surface area contributed by atoms with Crippen LogP contribution < -0.4 is 10.1 Å². The van der Waals surface area contributed by atoms with Gasteiger partial charge >= 0.3 is 0 Å². The molecule has 5 heteroatoms. The number of anilines is 1. The maximum absolute atomic E-state index is 5.72. The number of hydrogen-bond donors (Lipinski definition) is 1. The Hall–Kier alpha value is -1.03. The zero-order valence-electron chi connectivity index (χ0n) is 7.30. The summed E-state index contributed by atoms with van der Waals surface area (Å²) < 4.78 is 5.12. The van der Waals surface area contributed by atoms with Crippen LogP contribution in [-0.2, 0) is 6.42 Å². The lowest BCUT2D eigenvalue weighted by Gasteiger charge is -2.18. The van der Waals surface area contributed by atoms with Crippen LogP contribution in [0.25, 0.3) is 0 Å². The minimum absolute atomic E-state index is 0.227. The van der Waals surface area contributed by atoms with E-state index < -0.39 is 0 Å². The van der Waals surface area contributed by atoms with E-state index in [4.69, 9.17) is 16.3 Å². The van der Waals surface area contributed by atoms with E-state index in [2.05, 4.69) is 15.3 Å². The largest absolute Gasteiger partial charge is 0.481 e. The summed E-state index contributed by atoms with van der Waals surface area (Å²) in [7, 11) is 1.59. The van der Waals surface area contributed by atoms with Crippen molar-refractivity contribution >= 4 is 17.4 Å². The molecular weight excluding hydrogens is 190 g/mol. The van der Waals surface area contributed by atoms with E-state index >= 15 is 0 Å². The van der Waals surface area contributed by atoms with Gasteiger partial charge in [-0.25, -0.2) is 4.98 Å². The van der Waals surface area contributed by atoms with E-state index in [0.29, 0.717) is 5.88 Å². The van der Waals surface area contributed by atoms with Crippen molar-refractivity contribution in [1.82, 2.24) is 9.97 Å². The van der Waals surface area contributed by atoms with Crippen molar-refractivity contribution in [2.24, 2.45) is 0 Å². The van der Waals surface area contributed by atoms with Crippen LogP contribution >= 0.6 is 11.6 Å². The Morgan fingerprint density at radius 2 is 2.31 bits per heavy atom. The van der Waals surface area contributed by atoms with Gasteiger partial charge in [0, 0.05) is 6.54 Å². The lowest BCUT2D eigenvalue weighted by molar-refractivity contribution is 0.390. The van der Waals surface area contributed by atoms with Crippen molar-refractivity contribution in [3.63, 3.8) is 0 Å². The summed E-state index contributed by atoms with van der Waals surface area (Å²) >= 11 is 5.72. The number of halogens is 1. The van der Waals surface area contributed by atoms with Gasteiger partial charge in [0.15, 0.2) is 0 Å². The van der Waals surface area contributed by atoms with E-state index in [1.807, 2.05) is 0 Å². The van der Waals surface area contributed by atoms with E-state index in [-0.39, 0.29) is 5.28 Å². The molecule has 0 spiro atoms. The quantitative estimate of drug-likeness (QED) is 0.697. The SMILES string of the molecule is COc1nc(Cl)nc2c1CCCN2. The molecule has 13 heavy (non-hydrogen) atoms. The van der Waals surface area contributed by atoms with Gasteiger partial charge in [-0.15, -0.1) is 0 Å². The molecular formula is C8H10ClN3O. The zero-order chi connectivity index (χ0) is 9.26. The van der Waals surface area contributed by atoms with Gasteiger partial charge in [-0.3, -0.25) is 0 Å². The second kappa shape index (κ2) is 3.38. The Balaban J connectivity index is 2.50. The van der Waals surface area contributed by atoms with Crippen LogP contribution in [0, 0.1) is 0 Å². The Bertz CT molecular complexity index is 312. The fraction of sp³-hybridized carbons (Fsp3) is 0.500. The third kappa shape index (κ3) is 1.54. The topological polar surface area (TPSA) is 47.0 Å². The fourth-order valence-electron chi connectivity index (χ4n) is 1.45. The number of methoxy groups -OCH3 is 1. The Morgan fingerprint density at radius 1 is 1.46 bits per heavy atom. The number of ether oxygens (including phenoxy) is 1. The first-order valence-corrected chi connectivity index (χ1v) is 4.53. The summed E-state index contributed by atoms with van der Waals surface area (Å²) in [5.41, 5.74) is 1.03. The fourth-order valence-corrected chi connectivity index (χ4v) is 1.61. The number of nitrogens with one attached hydrogen (secondary N) is 1. The molecule has 1 aliphatic heterocycles. The van der Waals surface area contributed by atoms with Gasteiger partial charge in [0.05, 0.1) is 12.7 Å². The first-order valence-electron chi connectivity index (χ1n) is 4.15. The average Bonchev–Trinajstić information content (AvgIpc) is 2.16. The smallest absolute Gasteiger partial charge is 0.227 e. The van der Waals surface area contributed by atoms with Gasteiger partial charge in [-0.1, -0.05) is 0 Å². The van der Waals surface area contributed by atoms with Crippen LogP contribution in [-0.4, -0.2) is 23.6 Å². The zero-order valence-corrected chi connectivity index (χ0v) is 8.06. The molecule has 0 radical (unpaired) electrons. The van der Waals surface area contributed by atoms with Gasteiger partial charge in [-0.05, 0) is 24.4 Å². The Labute approximate surface area is 81.3 Å². The second-order valence-electron chi connectivity index (χ2n) is 2.86. The molecule has 0 saturated heterocycles. The highest BCUT2D eigenvalue weighted by atomic mass is 35.5. The van der Waals surface area contributed by atoms with Crippen molar-refractivity contribution < 1.29 is 4.74 Å². The van der Waals surface area contributed by atoms with Crippen LogP contribution in [0.2, 0.25) is 5.28 Å². The Kier molecular flexibility index (Phi) is 2.22. The van der Waals surface area contributed by atoms with Crippen LogP contribution in [0.15, 0.2) is 0 Å². The summed E-state index contributed by atoms with van der Waals surface area (Å²) in [4.78, 5) is 8.08. The maximum Gasteiger partial charge on any atom is 0.227 e. The summed E-state index contributed by atoms with van der Waals surface area (Å²) in [6, 6.07) is 0. The van der Waals surface area contributed by atoms with Crippen LogP contribution in [0.4, 0.5) is 5.82 Å². The highest BCUT2D eigenvalue weighted by Gasteiger charge is 2.17. The van der Waals surface area contributed by atoms with Crippen LogP contribution in [0.5, 0.6) is 5.88 Å². The van der Waals surface area contributed by atoms with E-state index in [1.165, 1.54) is 0 Å². The minimum atomic E-state index is 0.227. The number of rotatable bonds is 1. The molecule has 0 bridgehead atoms. The molecule has 0 aromatic carbocycles. The lowest BCUT2D eigenvalue weighted by Crippen LogP contribution is -2.15. The van der Waals surface area contributed by atoms with E-state index in [0.717, 1.165) is 30.8 Å². The summed E-state index contributed by atoms with van der Waals surface area (Å²) in [6.07, 6.45) is 2.02. The van der Waals surface area contributed by atoms with Crippen molar-refractivity contribution in [3.8, 4) is 5.88 Å². The molecule has 2 rings (SSSR count). The molecule has 70 valence electrons. The molecule has 0 aliphatic carbocycles. The lowest BCUT2D eigenvalue weighted by atomic mass is 10.1. The standard InChI is InChI=1S/C8H10ClN3O/c1-13-7-5-3-2-4-10-6(5)11-8(9)12-7/h2-4H2,1H3,(H,10,11,12). The average molecular weight is 200 g/mol. The van der Waals surface area contributed by atoms with E-state index in [1.54, 1.807) is 7.11 Å². The third-order valence-electron chi connectivity index (χ3n) is 2.03. The molecule has 1 aromatic heterocycles. The van der Waals surface area contributed by atoms with Gasteiger partial charge in [0.2, 0.25) is 11.2 Å². The van der Waals surface area contributed by atoms with Gasteiger partial charge in [0.1, 0.15) is 5.82 Å². The third-order valence-corrected chi connectivity index (χ3v) is 2.20. The minimum Gasteiger partial charge on any atom is -0.481 e. The molecule has 4 nitrogen and oxygen atoms in total. The molecule has 1 aromatic rings.